The lowest BCUT2D eigenvalue weighted by molar-refractivity contribution is 0.262. The van der Waals surface area contributed by atoms with Crippen molar-refractivity contribution in [1.82, 2.24) is 9.97 Å². The van der Waals surface area contributed by atoms with Gasteiger partial charge in [0.1, 0.15) is 5.82 Å². The largest absolute Gasteiger partial charge is 0.493 e. The molecular formula is C23H28N6O4. The first-order valence-electron chi connectivity index (χ1n) is 10.3. The molecule has 0 spiro atoms. The molecule has 3 aromatic rings. The van der Waals surface area contributed by atoms with E-state index in [9.17, 15) is 4.79 Å². The van der Waals surface area contributed by atoms with Crippen molar-refractivity contribution in [2.45, 2.75) is 13.8 Å². The number of hydrogen-bond donors (Lipinski definition) is 4. The molecule has 10 nitrogen and oxygen atoms in total. The summed E-state index contributed by atoms with van der Waals surface area (Å²) in [7, 11) is 4.55. The van der Waals surface area contributed by atoms with Crippen LogP contribution < -0.4 is 35.5 Å². The van der Waals surface area contributed by atoms with Crippen molar-refractivity contribution in [3.8, 4) is 17.2 Å². The molecular weight excluding hydrogens is 424 g/mol. The summed E-state index contributed by atoms with van der Waals surface area (Å²) < 4.78 is 15.9. The van der Waals surface area contributed by atoms with E-state index in [1.54, 1.807) is 24.3 Å². The van der Waals surface area contributed by atoms with Gasteiger partial charge in [0, 0.05) is 41.8 Å². The van der Waals surface area contributed by atoms with Gasteiger partial charge in [-0.2, -0.15) is 4.98 Å². The number of urea groups is 1. The van der Waals surface area contributed by atoms with Crippen LogP contribution in [0.15, 0.2) is 42.5 Å². The molecule has 1 heterocycles. The van der Waals surface area contributed by atoms with Gasteiger partial charge >= 0.3 is 6.03 Å². The number of nitrogens with one attached hydrogen (secondary N) is 4. The number of aromatic nitrogens is 2. The number of nitrogens with zero attached hydrogens (tertiary/aromatic N) is 2. The van der Waals surface area contributed by atoms with Gasteiger partial charge in [-0.3, -0.25) is 0 Å². The summed E-state index contributed by atoms with van der Waals surface area (Å²) in [6.45, 7) is 4.64. The summed E-state index contributed by atoms with van der Waals surface area (Å²) in [4.78, 5) is 21.2. The number of carbonyl (C=O) groups is 1. The molecule has 0 saturated carbocycles. The average Bonchev–Trinajstić information content (AvgIpc) is 2.79. The van der Waals surface area contributed by atoms with Crippen molar-refractivity contribution < 1.29 is 19.0 Å². The van der Waals surface area contributed by atoms with Crippen LogP contribution in [-0.2, 0) is 0 Å². The molecule has 0 aliphatic heterocycles. The zero-order chi connectivity index (χ0) is 23.8. The van der Waals surface area contributed by atoms with Crippen LogP contribution in [0.5, 0.6) is 17.2 Å². The topological polar surface area (TPSA) is 119 Å². The molecule has 174 valence electrons. The number of carbonyl (C=O) groups excluding carboxylic acids is 1. The van der Waals surface area contributed by atoms with Crippen molar-refractivity contribution in [3.05, 3.63) is 48.2 Å². The first-order valence-corrected chi connectivity index (χ1v) is 10.3. The second kappa shape index (κ2) is 10.9. The number of amides is 2. The van der Waals surface area contributed by atoms with E-state index in [0.29, 0.717) is 40.4 Å². The van der Waals surface area contributed by atoms with Crippen molar-refractivity contribution in [3.63, 3.8) is 0 Å². The van der Waals surface area contributed by atoms with Gasteiger partial charge in [0.05, 0.1) is 27.0 Å². The Labute approximate surface area is 192 Å². The molecule has 0 unspecified atom stereocenters. The predicted molar refractivity (Wildman–Crippen MR) is 129 cm³/mol. The summed E-state index contributed by atoms with van der Waals surface area (Å²) in [5.74, 6) is 2.59. The highest BCUT2D eigenvalue weighted by molar-refractivity contribution is 6.00. The third kappa shape index (κ3) is 6.16. The maximum atomic E-state index is 12.5. The van der Waals surface area contributed by atoms with E-state index >= 15 is 0 Å². The molecule has 10 heteroatoms. The Morgan fingerprint density at radius 3 is 2.03 bits per heavy atom. The smallest absolute Gasteiger partial charge is 0.323 e. The molecule has 3 rings (SSSR count). The summed E-state index contributed by atoms with van der Waals surface area (Å²) in [5, 5.41) is 11.9. The molecule has 0 bridgehead atoms. The SMILES string of the molecule is CCNc1nc(C)cc(Nc2ccc(NC(=O)Nc3cc(OC)c(OC)c(OC)c3)cc2)n1. The number of methoxy groups -OCH3 is 3. The van der Waals surface area contributed by atoms with E-state index in [-0.39, 0.29) is 0 Å². The Morgan fingerprint density at radius 2 is 1.45 bits per heavy atom. The zero-order valence-electron chi connectivity index (χ0n) is 19.3. The lowest BCUT2D eigenvalue weighted by atomic mass is 10.2. The minimum Gasteiger partial charge on any atom is -0.493 e. The standard InChI is InChI=1S/C23H28N6O4/c1-6-24-22-25-14(2)11-20(29-22)26-15-7-9-16(10-8-15)27-23(30)28-17-12-18(31-3)21(33-5)19(13-17)32-4/h7-13H,6H2,1-5H3,(H2,27,28,30)(H2,24,25,26,29). The fourth-order valence-corrected chi connectivity index (χ4v) is 3.10. The highest BCUT2D eigenvalue weighted by Gasteiger charge is 2.14. The Balaban J connectivity index is 1.65. The normalized spacial score (nSPS) is 10.2. The number of benzene rings is 2. The van der Waals surface area contributed by atoms with Crippen LogP contribution in [0, 0.1) is 6.92 Å². The molecule has 0 aliphatic rings. The summed E-state index contributed by atoms with van der Waals surface area (Å²) in [6.07, 6.45) is 0. The van der Waals surface area contributed by atoms with Gasteiger partial charge in [0.25, 0.3) is 0 Å². The molecule has 2 amide bonds. The predicted octanol–water partition coefficient (Wildman–Crippen LogP) is 4.63. The van der Waals surface area contributed by atoms with E-state index < -0.39 is 6.03 Å². The van der Waals surface area contributed by atoms with Crippen molar-refractivity contribution in [1.29, 1.82) is 0 Å². The Hall–Kier alpha value is -4.21. The minimum atomic E-state index is -0.410. The van der Waals surface area contributed by atoms with Crippen LogP contribution in [0.4, 0.5) is 33.6 Å². The highest BCUT2D eigenvalue weighted by atomic mass is 16.5. The van der Waals surface area contributed by atoms with Gasteiger partial charge in [0.15, 0.2) is 11.5 Å². The summed E-state index contributed by atoms with van der Waals surface area (Å²) in [5.41, 5.74) is 2.80. The van der Waals surface area contributed by atoms with Crippen molar-refractivity contribution >= 4 is 34.9 Å². The number of rotatable bonds is 9. The van der Waals surface area contributed by atoms with Gasteiger partial charge in [0.2, 0.25) is 11.7 Å². The van der Waals surface area contributed by atoms with Gasteiger partial charge < -0.3 is 35.5 Å². The van der Waals surface area contributed by atoms with Gasteiger partial charge in [-0.25, -0.2) is 9.78 Å². The second-order valence-corrected chi connectivity index (χ2v) is 6.94. The summed E-state index contributed by atoms with van der Waals surface area (Å²) in [6, 6.07) is 12.0. The van der Waals surface area contributed by atoms with Crippen LogP contribution in [0.3, 0.4) is 0 Å². The third-order valence-corrected chi connectivity index (χ3v) is 4.53. The fraction of sp³-hybridized carbons (Fsp3) is 0.261. The second-order valence-electron chi connectivity index (χ2n) is 6.94. The maximum Gasteiger partial charge on any atom is 0.323 e. The molecule has 33 heavy (non-hydrogen) atoms. The number of anilines is 5. The highest BCUT2D eigenvalue weighted by Crippen LogP contribution is 2.39. The van der Waals surface area contributed by atoms with E-state index in [1.807, 2.05) is 32.0 Å². The van der Waals surface area contributed by atoms with Crippen LogP contribution in [0.25, 0.3) is 0 Å². The van der Waals surface area contributed by atoms with Gasteiger partial charge in [-0.05, 0) is 38.1 Å². The molecule has 0 aliphatic carbocycles. The Bertz CT molecular complexity index is 1080. The average molecular weight is 453 g/mol. The summed E-state index contributed by atoms with van der Waals surface area (Å²) >= 11 is 0. The van der Waals surface area contributed by atoms with Crippen molar-refractivity contribution in [2.75, 3.05) is 49.1 Å². The van der Waals surface area contributed by atoms with Gasteiger partial charge in [-0.1, -0.05) is 0 Å². The molecule has 4 N–H and O–H groups in total. The van der Waals surface area contributed by atoms with Crippen molar-refractivity contribution in [2.24, 2.45) is 0 Å². The zero-order valence-corrected chi connectivity index (χ0v) is 19.3. The molecule has 0 atom stereocenters. The molecule has 2 aromatic carbocycles. The number of aryl methyl sites for hydroxylation is 1. The van der Waals surface area contributed by atoms with Crippen LogP contribution >= 0.6 is 0 Å². The third-order valence-electron chi connectivity index (χ3n) is 4.53. The monoisotopic (exact) mass is 452 g/mol. The fourth-order valence-electron chi connectivity index (χ4n) is 3.10. The quantitative estimate of drug-likeness (QED) is 0.371. The molecule has 0 radical (unpaired) electrons. The lowest BCUT2D eigenvalue weighted by Gasteiger charge is -2.15. The van der Waals surface area contributed by atoms with Gasteiger partial charge in [-0.15, -0.1) is 0 Å². The van der Waals surface area contributed by atoms with Crippen LogP contribution in [0.2, 0.25) is 0 Å². The lowest BCUT2D eigenvalue weighted by Crippen LogP contribution is -2.19. The Morgan fingerprint density at radius 1 is 0.848 bits per heavy atom. The van der Waals surface area contributed by atoms with E-state index in [0.717, 1.165) is 17.9 Å². The van der Waals surface area contributed by atoms with E-state index in [1.165, 1.54) is 21.3 Å². The number of ether oxygens (including phenoxy) is 3. The van der Waals surface area contributed by atoms with E-state index in [4.69, 9.17) is 14.2 Å². The Kier molecular flexibility index (Phi) is 7.74. The van der Waals surface area contributed by atoms with Crippen LogP contribution in [-0.4, -0.2) is 43.9 Å². The molecule has 0 fully saturated rings. The van der Waals surface area contributed by atoms with E-state index in [2.05, 4.69) is 31.2 Å². The molecule has 1 aromatic heterocycles. The first kappa shape index (κ1) is 23.5. The molecule has 0 saturated heterocycles. The maximum absolute atomic E-state index is 12.5. The minimum absolute atomic E-state index is 0.410. The van der Waals surface area contributed by atoms with Crippen LogP contribution in [0.1, 0.15) is 12.6 Å². The first-order chi connectivity index (χ1) is 15.9. The number of hydrogen-bond acceptors (Lipinski definition) is 8.